The fourth-order valence-electron chi connectivity index (χ4n) is 0.943. The van der Waals surface area contributed by atoms with E-state index in [4.69, 9.17) is 0 Å². The Bertz CT molecular complexity index is 378. The van der Waals surface area contributed by atoms with Gasteiger partial charge in [0.1, 0.15) is 0 Å². The third-order valence-corrected chi connectivity index (χ3v) is 2.55. The number of hydrogen-bond donors (Lipinski definition) is 2. The number of alkyl carbamates (subject to hydrolysis) is 1. The first-order chi connectivity index (χ1) is 7.61. The van der Waals surface area contributed by atoms with Gasteiger partial charge in [0, 0.05) is 18.3 Å². The van der Waals surface area contributed by atoms with Crippen LogP contribution in [0.4, 0.5) is 9.93 Å². The molecule has 1 aromatic heterocycles. The molecular formula is C9H13N3O3S. The number of methoxy groups -OCH3 is 1. The molecule has 1 heterocycles. The van der Waals surface area contributed by atoms with Gasteiger partial charge in [0.25, 0.3) is 0 Å². The average molecular weight is 243 g/mol. The van der Waals surface area contributed by atoms with Gasteiger partial charge in [0.05, 0.1) is 12.8 Å². The zero-order valence-electron chi connectivity index (χ0n) is 9.07. The molecule has 0 atom stereocenters. The van der Waals surface area contributed by atoms with E-state index in [1.807, 2.05) is 12.3 Å². The van der Waals surface area contributed by atoms with E-state index in [0.29, 0.717) is 5.13 Å². The van der Waals surface area contributed by atoms with Crippen LogP contribution in [0.1, 0.15) is 12.1 Å². The molecule has 2 N–H and O–H groups in total. The molecule has 0 aliphatic carbocycles. The Balaban J connectivity index is 2.23. The van der Waals surface area contributed by atoms with Gasteiger partial charge in [-0.25, -0.2) is 9.78 Å². The van der Waals surface area contributed by atoms with Crippen molar-refractivity contribution in [2.75, 3.05) is 19.0 Å². The molecular weight excluding hydrogens is 230 g/mol. The lowest BCUT2D eigenvalue weighted by Gasteiger charge is -2.03. The normalized spacial score (nSPS) is 9.62. The topological polar surface area (TPSA) is 80.3 Å². The zero-order valence-corrected chi connectivity index (χ0v) is 9.89. The van der Waals surface area contributed by atoms with Crippen LogP contribution in [-0.4, -0.2) is 30.6 Å². The molecule has 7 heteroatoms. The Hall–Kier alpha value is -1.63. The lowest BCUT2D eigenvalue weighted by molar-refractivity contribution is -0.116. The first kappa shape index (κ1) is 12.4. The number of anilines is 1. The number of amides is 2. The molecule has 0 saturated carbocycles. The Morgan fingerprint density at radius 3 is 2.88 bits per heavy atom. The number of rotatable bonds is 4. The van der Waals surface area contributed by atoms with Crippen LogP contribution in [0.25, 0.3) is 0 Å². The first-order valence-corrected chi connectivity index (χ1v) is 5.53. The third-order valence-electron chi connectivity index (χ3n) is 1.67. The second-order valence-corrected chi connectivity index (χ2v) is 3.87. The summed E-state index contributed by atoms with van der Waals surface area (Å²) in [6.45, 7) is 2.09. The predicted octanol–water partition coefficient (Wildman–Crippen LogP) is 1.14. The van der Waals surface area contributed by atoms with Crippen molar-refractivity contribution in [1.29, 1.82) is 0 Å². The Morgan fingerprint density at radius 2 is 2.31 bits per heavy atom. The van der Waals surface area contributed by atoms with E-state index in [9.17, 15) is 9.59 Å². The van der Waals surface area contributed by atoms with Crippen LogP contribution in [0.3, 0.4) is 0 Å². The number of thiazole rings is 1. The molecule has 1 rings (SSSR count). The maximum absolute atomic E-state index is 11.4. The second-order valence-electron chi connectivity index (χ2n) is 3.01. The smallest absolute Gasteiger partial charge is 0.406 e. The van der Waals surface area contributed by atoms with Crippen molar-refractivity contribution >= 4 is 28.5 Å². The van der Waals surface area contributed by atoms with E-state index in [1.54, 1.807) is 0 Å². The van der Waals surface area contributed by atoms with Crippen molar-refractivity contribution in [3.63, 3.8) is 0 Å². The average Bonchev–Trinajstić information content (AvgIpc) is 2.63. The summed E-state index contributed by atoms with van der Waals surface area (Å²) in [4.78, 5) is 26.1. The molecule has 0 saturated heterocycles. The summed E-state index contributed by atoms with van der Waals surface area (Å²) in [7, 11) is 1.27. The van der Waals surface area contributed by atoms with Crippen molar-refractivity contribution in [2.24, 2.45) is 0 Å². The van der Waals surface area contributed by atoms with Crippen LogP contribution >= 0.6 is 11.3 Å². The van der Waals surface area contributed by atoms with Crippen LogP contribution in [0.2, 0.25) is 0 Å². The van der Waals surface area contributed by atoms with Crippen LogP contribution in [0.15, 0.2) is 5.38 Å². The molecule has 0 aliphatic heterocycles. The van der Waals surface area contributed by atoms with Gasteiger partial charge in [-0.1, -0.05) is 0 Å². The molecule has 0 aliphatic rings. The summed E-state index contributed by atoms with van der Waals surface area (Å²) in [6, 6.07) is 0. The highest BCUT2D eigenvalue weighted by Gasteiger charge is 2.06. The molecule has 0 fully saturated rings. The van der Waals surface area contributed by atoms with Gasteiger partial charge in [0.15, 0.2) is 5.13 Å². The minimum absolute atomic E-state index is 0.188. The highest BCUT2D eigenvalue weighted by atomic mass is 32.1. The molecule has 6 nitrogen and oxygen atoms in total. The predicted molar refractivity (Wildman–Crippen MR) is 60.5 cm³/mol. The van der Waals surface area contributed by atoms with Gasteiger partial charge in [0.2, 0.25) is 5.91 Å². The van der Waals surface area contributed by atoms with Gasteiger partial charge in [-0.2, -0.15) is 0 Å². The van der Waals surface area contributed by atoms with Crippen molar-refractivity contribution < 1.29 is 14.3 Å². The van der Waals surface area contributed by atoms with Gasteiger partial charge < -0.3 is 15.4 Å². The third kappa shape index (κ3) is 4.26. The number of carbonyl (C=O) groups excluding carboxylic acids is 2. The number of carbonyl (C=O) groups is 2. The number of aromatic nitrogens is 1. The molecule has 0 radical (unpaired) electrons. The Kier molecular flexibility index (Phi) is 4.71. The maximum Gasteiger partial charge on any atom is 0.406 e. The first-order valence-electron chi connectivity index (χ1n) is 4.65. The Labute approximate surface area is 97.0 Å². The molecule has 2 amide bonds. The van der Waals surface area contributed by atoms with E-state index < -0.39 is 6.09 Å². The highest BCUT2D eigenvalue weighted by molar-refractivity contribution is 7.13. The van der Waals surface area contributed by atoms with Gasteiger partial charge >= 0.3 is 6.09 Å². The maximum atomic E-state index is 11.4. The van der Waals surface area contributed by atoms with E-state index in [0.717, 1.165) is 5.69 Å². The standard InChI is InChI=1S/C9H13N3O3S/c1-6-5-16-8(11-6)12-7(13)3-4-10-9(14)15-2/h5H,3-4H2,1-2H3,(H,10,14)(H,11,12,13). The van der Waals surface area contributed by atoms with E-state index in [-0.39, 0.29) is 18.9 Å². The quantitative estimate of drug-likeness (QED) is 0.830. The molecule has 1 aromatic rings. The number of nitrogens with zero attached hydrogens (tertiary/aromatic N) is 1. The molecule has 88 valence electrons. The summed E-state index contributed by atoms with van der Waals surface area (Å²) < 4.78 is 4.36. The second kappa shape index (κ2) is 6.06. The van der Waals surface area contributed by atoms with Crippen molar-refractivity contribution in [1.82, 2.24) is 10.3 Å². The molecule has 0 spiro atoms. The van der Waals surface area contributed by atoms with Gasteiger partial charge in [-0.15, -0.1) is 11.3 Å². The summed E-state index contributed by atoms with van der Waals surface area (Å²) in [5.41, 5.74) is 0.869. The number of aryl methyl sites for hydroxylation is 1. The summed E-state index contributed by atoms with van der Waals surface area (Å²) in [6.07, 6.45) is -0.355. The summed E-state index contributed by atoms with van der Waals surface area (Å²) >= 11 is 1.37. The zero-order chi connectivity index (χ0) is 12.0. The minimum Gasteiger partial charge on any atom is -0.453 e. The van der Waals surface area contributed by atoms with Crippen molar-refractivity contribution in [3.8, 4) is 0 Å². The lowest BCUT2D eigenvalue weighted by atomic mass is 10.4. The minimum atomic E-state index is -0.544. The molecule has 0 unspecified atom stereocenters. The van der Waals surface area contributed by atoms with Gasteiger partial charge in [-0.3, -0.25) is 4.79 Å². The van der Waals surface area contributed by atoms with E-state index in [2.05, 4.69) is 20.4 Å². The van der Waals surface area contributed by atoms with E-state index in [1.165, 1.54) is 18.4 Å². The van der Waals surface area contributed by atoms with Crippen LogP contribution in [-0.2, 0) is 9.53 Å². The Morgan fingerprint density at radius 1 is 1.56 bits per heavy atom. The number of ether oxygens (including phenoxy) is 1. The molecule has 16 heavy (non-hydrogen) atoms. The fraction of sp³-hybridized carbons (Fsp3) is 0.444. The van der Waals surface area contributed by atoms with Crippen molar-refractivity contribution in [2.45, 2.75) is 13.3 Å². The van der Waals surface area contributed by atoms with Crippen LogP contribution in [0, 0.1) is 6.92 Å². The summed E-state index contributed by atoms with van der Waals surface area (Å²) in [5, 5.41) is 7.47. The monoisotopic (exact) mass is 243 g/mol. The SMILES string of the molecule is COC(=O)NCCC(=O)Nc1nc(C)cs1. The molecule has 0 aromatic carbocycles. The fourth-order valence-corrected chi connectivity index (χ4v) is 1.65. The van der Waals surface area contributed by atoms with Crippen molar-refractivity contribution in [3.05, 3.63) is 11.1 Å². The van der Waals surface area contributed by atoms with Crippen LogP contribution < -0.4 is 10.6 Å². The molecule has 0 bridgehead atoms. The number of hydrogen-bond acceptors (Lipinski definition) is 5. The summed E-state index contributed by atoms with van der Waals surface area (Å²) in [5.74, 6) is -0.189. The van der Waals surface area contributed by atoms with Gasteiger partial charge in [-0.05, 0) is 6.92 Å². The highest BCUT2D eigenvalue weighted by Crippen LogP contribution is 2.14. The largest absolute Gasteiger partial charge is 0.453 e. The number of nitrogens with one attached hydrogen (secondary N) is 2. The van der Waals surface area contributed by atoms with Crippen LogP contribution in [0.5, 0.6) is 0 Å². The van der Waals surface area contributed by atoms with E-state index >= 15 is 0 Å². The lowest BCUT2D eigenvalue weighted by Crippen LogP contribution is -2.27.